The Balaban J connectivity index is 1.60. The Morgan fingerprint density at radius 3 is 2.49 bits per heavy atom. The molecule has 0 radical (unpaired) electrons. The van der Waals surface area contributed by atoms with E-state index in [2.05, 4.69) is 22.0 Å². The fourth-order valence-electron chi connectivity index (χ4n) is 4.89. The number of carbonyl (C=O) groups excluding carboxylic acids is 1. The molecule has 0 bridgehead atoms. The Kier molecular flexibility index (Phi) is 6.35. The van der Waals surface area contributed by atoms with Gasteiger partial charge in [-0.05, 0) is 66.3 Å². The van der Waals surface area contributed by atoms with Gasteiger partial charge >= 0.3 is 6.18 Å². The van der Waals surface area contributed by atoms with E-state index in [1.807, 2.05) is 23.6 Å². The van der Waals surface area contributed by atoms with Crippen LogP contribution in [0.1, 0.15) is 51.2 Å². The van der Waals surface area contributed by atoms with Crippen LogP contribution < -0.4 is 0 Å². The van der Waals surface area contributed by atoms with Crippen LogP contribution in [0.15, 0.2) is 49.1 Å². The van der Waals surface area contributed by atoms with Crippen LogP contribution in [0.4, 0.5) is 13.2 Å². The second kappa shape index (κ2) is 9.49. The lowest BCUT2D eigenvalue weighted by Gasteiger charge is -2.30. The summed E-state index contributed by atoms with van der Waals surface area (Å²) in [6.07, 6.45) is 3.26. The molecule has 0 fully saturated rings. The van der Waals surface area contributed by atoms with E-state index in [-0.39, 0.29) is 11.5 Å². The van der Waals surface area contributed by atoms with Gasteiger partial charge in [0, 0.05) is 56.1 Å². The first-order chi connectivity index (χ1) is 17.6. The molecule has 7 nitrogen and oxygen atoms in total. The fourth-order valence-corrected chi connectivity index (χ4v) is 4.89. The first-order valence-corrected chi connectivity index (χ1v) is 12.1. The average Bonchev–Trinajstić information content (AvgIpc) is 3.46. The molecule has 37 heavy (non-hydrogen) atoms. The van der Waals surface area contributed by atoms with E-state index in [1.54, 1.807) is 35.6 Å². The molecule has 1 aliphatic rings. The van der Waals surface area contributed by atoms with Crippen molar-refractivity contribution in [2.24, 2.45) is 7.05 Å². The molecule has 1 amide bonds. The van der Waals surface area contributed by atoms with Crippen LogP contribution in [0, 0.1) is 6.92 Å². The molecule has 0 spiro atoms. The molecule has 0 unspecified atom stereocenters. The van der Waals surface area contributed by atoms with E-state index in [1.165, 1.54) is 17.9 Å². The maximum absolute atomic E-state index is 13.9. The van der Waals surface area contributed by atoms with Crippen LogP contribution in [0.2, 0.25) is 0 Å². The molecule has 0 saturated carbocycles. The van der Waals surface area contributed by atoms with Crippen LogP contribution >= 0.6 is 0 Å². The van der Waals surface area contributed by atoms with Crippen molar-refractivity contribution in [2.45, 2.75) is 46.0 Å². The summed E-state index contributed by atoms with van der Waals surface area (Å²) < 4.78 is 44.8. The van der Waals surface area contributed by atoms with Crippen molar-refractivity contribution in [3.05, 3.63) is 88.5 Å². The first-order valence-electron chi connectivity index (χ1n) is 12.1. The van der Waals surface area contributed by atoms with Gasteiger partial charge in [0.05, 0.1) is 12.2 Å². The number of hydrogen-bond acceptors (Lipinski definition) is 4. The van der Waals surface area contributed by atoms with Crippen molar-refractivity contribution in [3.63, 3.8) is 0 Å². The fraction of sp³-hybridized carbons (Fsp3) is 0.333. The summed E-state index contributed by atoms with van der Waals surface area (Å²) in [5.74, 6) is 0.555. The topological polar surface area (TPSA) is 68.8 Å². The highest BCUT2D eigenvalue weighted by Crippen LogP contribution is 2.40. The maximum atomic E-state index is 13.9. The number of amides is 1. The van der Waals surface area contributed by atoms with Crippen LogP contribution in [-0.2, 0) is 39.2 Å². The number of fused-ring (bicyclic) bond motifs is 1. The lowest BCUT2D eigenvalue weighted by Crippen LogP contribution is -2.37. The SMILES string of the molecule is CCc1ccnc(CN2CCc3c(cc(Cn4ccnc4C)cc3-c3cn(C)nc3C(F)(F)F)C2=O)c1. The summed E-state index contributed by atoms with van der Waals surface area (Å²) in [6, 6.07) is 7.48. The van der Waals surface area contributed by atoms with Crippen molar-refractivity contribution in [3.8, 4) is 11.1 Å². The van der Waals surface area contributed by atoms with Gasteiger partial charge in [0.2, 0.25) is 0 Å². The smallest absolute Gasteiger partial charge is 0.332 e. The minimum Gasteiger partial charge on any atom is -0.332 e. The van der Waals surface area contributed by atoms with Crippen LogP contribution in [-0.4, -0.2) is 41.7 Å². The number of benzene rings is 1. The number of carbonyl (C=O) groups is 1. The van der Waals surface area contributed by atoms with Crippen LogP contribution in [0.3, 0.4) is 0 Å². The average molecular weight is 509 g/mol. The van der Waals surface area contributed by atoms with Gasteiger partial charge in [-0.3, -0.25) is 14.5 Å². The second-order valence-corrected chi connectivity index (χ2v) is 9.32. The maximum Gasteiger partial charge on any atom is 0.435 e. The van der Waals surface area contributed by atoms with Gasteiger partial charge in [0.1, 0.15) is 5.82 Å². The number of halogens is 3. The van der Waals surface area contributed by atoms with Crippen molar-refractivity contribution >= 4 is 5.91 Å². The van der Waals surface area contributed by atoms with Gasteiger partial charge in [0.15, 0.2) is 5.69 Å². The minimum atomic E-state index is -4.62. The summed E-state index contributed by atoms with van der Waals surface area (Å²) in [7, 11) is 1.47. The third-order valence-corrected chi connectivity index (χ3v) is 6.77. The van der Waals surface area contributed by atoms with E-state index >= 15 is 0 Å². The molecule has 4 heterocycles. The standard InChI is InChI=1S/C27H27F3N6O/c1-4-18-5-7-32-20(11-18)15-36-9-6-21-22(24-16-34(3)33-25(24)27(28,29)30)12-19(13-23(21)26(36)37)14-35-10-8-31-17(35)2/h5,7-8,10-13,16H,4,6,9,14-15H2,1-3H3. The molecule has 0 aliphatic carbocycles. The lowest BCUT2D eigenvalue weighted by atomic mass is 9.88. The number of rotatable bonds is 6. The molecule has 1 aliphatic heterocycles. The molecule has 10 heteroatoms. The predicted octanol–water partition coefficient (Wildman–Crippen LogP) is 4.82. The van der Waals surface area contributed by atoms with Gasteiger partial charge in [-0.1, -0.05) is 6.92 Å². The zero-order chi connectivity index (χ0) is 26.3. The number of nitrogens with zero attached hydrogens (tertiary/aromatic N) is 6. The Bertz CT molecular complexity index is 1470. The highest BCUT2D eigenvalue weighted by molar-refractivity contribution is 5.99. The quantitative estimate of drug-likeness (QED) is 0.375. The van der Waals surface area contributed by atoms with Gasteiger partial charge < -0.3 is 9.47 Å². The van der Waals surface area contributed by atoms with Crippen LogP contribution in [0.5, 0.6) is 0 Å². The van der Waals surface area contributed by atoms with E-state index in [9.17, 15) is 18.0 Å². The largest absolute Gasteiger partial charge is 0.435 e. The summed E-state index contributed by atoms with van der Waals surface area (Å²) in [6.45, 7) is 5.01. The monoisotopic (exact) mass is 508 g/mol. The number of pyridine rings is 1. The predicted molar refractivity (Wildman–Crippen MR) is 132 cm³/mol. The van der Waals surface area contributed by atoms with Gasteiger partial charge in [-0.15, -0.1) is 0 Å². The zero-order valence-electron chi connectivity index (χ0n) is 20.9. The Hall–Kier alpha value is -3.95. The highest BCUT2D eigenvalue weighted by atomic mass is 19.4. The third kappa shape index (κ3) is 4.87. The summed E-state index contributed by atoms with van der Waals surface area (Å²) >= 11 is 0. The number of imidazole rings is 1. The number of aryl methyl sites for hydroxylation is 3. The summed E-state index contributed by atoms with van der Waals surface area (Å²) in [5.41, 5.74) is 3.08. The molecule has 4 aromatic rings. The first kappa shape index (κ1) is 24.7. The molecule has 3 aromatic heterocycles. The molecule has 1 aromatic carbocycles. The molecule has 0 saturated heterocycles. The van der Waals surface area contributed by atoms with Crippen molar-refractivity contribution < 1.29 is 18.0 Å². The Morgan fingerprint density at radius 1 is 1.00 bits per heavy atom. The number of aromatic nitrogens is 5. The normalized spacial score (nSPS) is 13.8. The lowest BCUT2D eigenvalue weighted by molar-refractivity contribution is -0.140. The molecule has 5 rings (SSSR count). The zero-order valence-corrected chi connectivity index (χ0v) is 20.9. The van der Waals surface area contributed by atoms with E-state index in [0.717, 1.165) is 23.5 Å². The summed E-state index contributed by atoms with van der Waals surface area (Å²) in [5, 5.41) is 3.71. The second-order valence-electron chi connectivity index (χ2n) is 9.32. The molecule has 0 N–H and O–H groups in total. The minimum absolute atomic E-state index is 0.0194. The molecule has 0 atom stereocenters. The van der Waals surface area contributed by atoms with Crippen molar-refractivity contribution in [1.29, 1.82) is 0 Å². The molecular formula is C27H27F3N6O. The summed E-state index contributed by atoms with van der Waals surface area (Å²) in [4.78, 5) is 24.1. The van der Waals surface area contributed by atoms with Crippen molar-refractivity contribution in [2.75, 3.05) is 6.54 Å². The van der Waals surface area contributed by atoms with E-state index in [4.69, 9.17) is 0 Å². The van der Waals surface area contributed by atoms with Gasteiger partial charge in [-0.25, -0.2) is 4.98 Å². The molecular weight excluding hydrogens is 481 g/mol. The third-order valence-electron chi connectivity index (χ3n) is 6.77. The highest BCUT2D eigenvalue weighted by Gasteiger charge is 2.39. The van der Waals surface area contributed by atoms with Crippen molar-refractivity contribution in [1.82, 2.24) is 29.2 Å². The Morgan fingerprint density at radius 2 is 1.78 bits per heavy atom. The van der Waals surface area contributed by atoms with Gasteiger partial charge in [-0.2, -0.15) is 18.3 Å². The Labute approximate surface area is 212 Å². The number of alkyl halides is 3. The van der Waals surface area contributed by atoms with E-state index in [0.29, 0.717) is 48.3 Å². The number of hydrogen-bond donors (Lipinski definition) is 0. The van der Waals surface area contributed by atoms with Gasteiger partial charge in [0.25, 0.3) is 5.91 Å². The van der Waals surface area contributed by atoms with E-state index < -0.39 is 11.9 Å². The molecule has 192 valence electrons. The van der Waals surface area contributed by atoms with Crippen LogP contribution in [0.25, 0.3) is 11.1 Å².